The summed E-state index contributed by atoms with van der Waals surface area (Å²) in [4.78, 5) is 33.5. The average molecular weight is 349 g/mol. The molecule has 1 N–H and O–H groups in total. The molecule has 1 aliphatic rings. The number of benzene rings is 1. The standard InChI is InChI=1S/C17H20FN3O2S/c1-11(16(23)21-8-4-2-3-5-9-21)24-17-19-14-7-6-12(18)10-13(14)15(22)20-17/h6-7,10-11H,2-5,8-9H2,1H3,(H,19,20,22)/t11-/m0/s1. The number of fused-ring (bicyclic) bond motifs is 1. The van der Waals surface area contributed by atoms with Gasteiger partial charge in [-0.15, -0.1) is 0 Å². The Kier molecular flexibility index (Phi) is 5.18. The Labute approximate surface area is 143 Å². The van der Waals surface area contributed by atoms with Crippen LogP contribution in [-0.2, 0) is 4.79 Å². The van der Waals surface area contributed by atoms with E-state index < -0.39 is 11.4 Å². The number of hydrogen-bond donors (Lipinski definition) is 1. The van der Waals surface area contributed by atoms with Gasteiger partial charge in [-0.05, 0) is 38.0 Å². The van der Waals surface area contributed by atoms with Crippen molar-refractivity contribution in [1.82, 2.24) is 14.9 Å². The monoisotopic (exact) mass is 349 g/mol. The number of H-pyrrole nitrogens is 1. The first-order chi connectivity index (χ1) is 11.5. The number of thioether (sulfide) groups is 1. The summed E-state index contributed by atoms with van der Waals surface area (Å²) in [6.07, 6.45) is 4.42. The van der Waals surface area contributed by atoms with E-state index in [9.17, 15) is 14.0 Å². The summed E-state index contributed by atoms with van der Waals surface area (Å²) in [7, 11) is 0. The van der Waals surface area contributed by atoms with Gasteiger partial charge < -0.3 is 9.88 Å². The molecular formula is C17H20FN3O2S. The third-order valence-electron chi connectivity index (χ3n) is 4.20. The highest BCUT2D eigenvalue weighted by Crippen LogP contribution is 2.23. The second kappa shape index (κ2) is 7.34. The fraction of sp³-hybridized carbons (Fsp3) is 0.471. The number of likely N-dealkylation sites (tertiary alicyclic amines) is 1. The smallest absolute Gasteiger partial charge is 0.259 e. The van der Waals surface area contributed by atoms with Crippen LogP contribution in [0.1, 0.15) is 32.6 Å². The zero-order valence-electron chi connectivity index (χ0n) is 13.5. The molecule has 1 aromatic heterocycles. The number of nitrogens with zero attached hydrogens (tertiary/aromatic N) is 2. The molecule has 0 aliphatic carbocycles. The number of amides is 1. The molecule has 24 heavy (non-hydrogen) atoms. The van der Waals surface area contributed by atoms with Crippen LogP contribution in [0, 0.1) is 5.82 Å². The van der Waals surface area contributed by atoms with Crippen LogP contribution < -0.4 is 5.56 Å². The molecule has 5 nitrogen and oxygen atoms in total. The molecule has 7 heteroatoms. The molecule has 128 valence electrons. The molecule has 1 amide bonds. The van der Waals surface area contributed by atoms with Crippen LogP contribution in [0.2, 0.25) is 0 Å². The van der Waals surface area contributed by atoms with Crippen molar-refractivity contribution in [3.8, 4) is 0 Å². The minimum Gasteiger partial charge on any atom is -0.342 e. The van der Waals surface area contributed by atoms with Gasteiger partial charge in [0.05, 0.1) is 16.2 Å². The van der Waals surface area contributed by atoms with Gasteiger partial charge >= 0.3 is 0 Å². The Morgan fingerprint density at radius 2 is 2.00 bits per heavy atom. The Hall–Kier alpha value is -1.89. The van der Waals surface area contributed by atoms with Gasteiger partial charge in [-0.2, -0.15) is 0 Å². The second-order valence-corrected chi connectivity index (χ2v) is 7.36. The van der Waals surface area contributed by atoms with Gasteiger partial charge in [-0.25, -0.2) is 9.37 Å². The Morgan fingerprint density at radius 3 is 2.71 bits per heavy atom. The van der Waals surface area contributed by atoms with Crippen molar-refractivity contribution in [3.63, 3.8) is 0 Å². The normalized spacial score (nSPS) is 16.8. The lowest BCUT2D eigenvalue weighted by Gasteiger charge is -2.23. The van der Waals surface area contributed by atoms with Gasteiger partial charge in [0, 0.05) is 13.1 Å². The van der Waals surface area contributed by atoms with E-state index in [0.717, 1.165) is 25.9 Å². The molecule has 2 aromatic rings. The number of aromatic amines is 1. The summed E-state index contributed by atoms with van der Waals surface area (Å²) in [6.45, 7) is 3.42. The minimum atomic E-state index is -0.472. The quantitative estimate of drug-likeness (QED) is 0.683. The second-order valence-electron chi connectivity index (χ2n) is 6.03. The largest absolute Gasteiger partial charge is 0.342 e. The molecule has 2 heterocycles. The molecule has 1 aromatic carbocycles. The molecule has 3 rings (SSSR count). The summed E-state index contributed by atoms with van der Waals surface area (Å²) in [6, 6.07) is 3.92. The summed E-state index contributed by atoms with van der Waals surface area (Å²) in [5.41, 5.74) is 0.0356. The first-order valence-corrected chi connectivity index (χ1v) is 9.07. The van der Waals surface area contributed by atoms with Crippen molar-refractivity contribution in [1.29, 1.82) is 0 Å². The number of rotatable bonds is 3. The van der Waals surface area contributed by atoms with Crippen LogP contribution in [0.3, 0.4) is 0 Å². The lowest BCUT2D eigenvalue weighted by Crippen LogP contribution is -2.37. The van der Waals surface area contributed by atoms with Crippen LogP contribution >= 0.6 is 11.8 Å². The highest BCUT2D eigenvalue weighted by molar-refractivity contribution is 8.00. The first kappa shape index (κ1) is 17.0. The Morgan fingerprint density at radius 1 is 1.29 bits per heavy atom. The molecule has 1 fully saturated rings. The molecule has 1 aliphatic heterocycles. The van der Waals surface area contributed by atoms with Gasteiger partial charge in [0.2, 0.25) is 5.91 Å². The van der Waals surface area contributed by atoms with Gasteiger partial charge in [0.25, 0.3) is 5.56 Å². The number of carbonyl (C=O) groups excluding carboxylic acids is 1. The molecule has 0 saturated carbocycles. The average Bonchev–Trinajstić information content (AvgIpc) is 2.84. The molecule has 0 unspecified atom stereocenters. The third-order valence-corrected chi connectivity index (χ3v) is 5.17. The summed E-state index contributed by atoms with van der Waals surface area (Å²) in [5.74, 6) is -0.399. The summed E-state index contributed by atoms with van der Waals surface area (Å²) >= 11 is 1.23. The molecule has 0 bridgehead atoms. The van der Waals surface area contributed by atoms with Crippen LogP contribution in [0.25, 0.3) is 10.9 Å². The van der Waals surface area contributed by atoms with E-state index in [1.54, 1.807) is 0 Å². The van der Waals surface area contributed by atoms with Gasteiger partial charge in [-0.3, -0.25) is 9.59 Å². The van der Waals surface area contributed by atoms with Crippen molar-refractivity contribution in [2.75, 3.05) is 13.1 Å². The SMILES string of the molecule is C[C@H](Sc1nc2ccc(F)cc2c(=O)[nH]1)C(=O)N1CCCCCC1. The Balaban J connectivity index is 1.77. The van der Waals surface area contributed by atoms with E-state index in [1.807, 2.05) is 11.8 Å². The number of hydrogen-bond acceptors (Lipinski definition) is 4. The highest BCUT2D eigenvalue weighted by atomic mass is 32.2. The van der Waals surface area contributed by atoms with Crippen molar-refractivity contribution in [3.05, 3.63) is 34.4 Å². The third kappa shape index (κ3) is 3.77. The topological polar surface area (TPSA) is 66.1 Å². The maximum absolute atomic E-state index is 13.2. The summed E-state index contributed by atoms with van der Waals surface area (Å²) in [5, 5.41) is 0.268. The molecule has 1 saturated heterocycles. The van der Waals surface area contributed by atoms with Gasteiger partial charge in [0.15, 0.2) is 5.16 Å². The highest BCUT2D eigenvalue weighted by Gasteiger charge is 2.23. The number of carbonyl (C=O) groups is 1. The maximum Gasteiger partial charge on any atom is 0.259 e. The Bertz CT molecular complexity index is 800. The minimum absolute atomic E-state index is 0.0729. The van der Waals surface area contributed by atoms with Crippen LogP contribution in [0.4, 0.5) is 4.39 Å². The zero-order valence-corrected chi connectivity index (χ0v) is 14.4. The lowest BCUT2D eigenvalue weighted by molar-refractivity contribution is -0.130. The zero-order chi connectivity index (χ0) is 17.1. The number of aromatic nitrogens is 2. The molecule has 0 spiro atoms. The van der Waals surface area contributed by atoms with Crippen molar-refractivity contribution in [2.24, 2.45) is 0 Å². The molecular weight excluding hydrogens is 329 g/mol. The lowest BCUT2D eigenvalue weighted by atomic mass is 10.2. The van der Waals surface area contributed by atoms with Gasteiger partial charge in [-0.1, -0.05) is 24.6 Å². The first-order valence-electron chi connectivity index (χ1n) is 8.19. The fourth-order valence-corrected chi connectivity index (χ4v) is 3.80. The van der Waals surface area contributed by atoms with E-state index in [1.165, 1.54) is 42.8 Å². The summed E-state index contributed by atoms with van der Waals surface area (Å²) < 4.78 is 13.2. The van der Waals surface area contributed by atoms with Crippen molar-refractivity contribution < 1.29 is 9.18 Å². The van der Waals surface area contributed by atoms with E-state index >= 15 is 0 Å². The number of nitrogens with one attached hydrogen (secondary N) is 1. The van der Waals surface area contributed by atoms with Gasteiger partial charge in [0.1, 0.15) is 5.82 Å². The number of halogens is 1. The van der Waals surface area contributed by atoms with E-state index in [2.05, 4.69) is 9.97 Å². The van der Waals surface area contributed by atoms with E-state index in [0.29, 0.717) is 10.7 Å². The maximum atomic E-state index is 13.2. The van der Waals surface area contributed by atoms with Crippen LogP contribution in [0.5, 0.6) is 0 Å². The predicted molar refractivity (Wildman–Crippen MR) is 92.7 cm³/mol. The van der Waals surface area contributed by atoms with Crippen LogP contribution in [-0.4, -0.2) is 39.1 Å². The van der Waals surface area contributed by atoms with Crippen LogP contribution in [0.15, 0.2) is 28.2 Å². The van der Waals surface area contributed by atoms with Crippen molar-refractivity contribution >= 4 is 28.6 Å². The van der Waals surface area contributed by atoms with E-state index in [4.69, 9.17) is 0 Å². The van der Waals surface area contributed by atoms with Crippen molar-refractivity contribution in [2.45, 2.75) is 43.0 Å². The molecule has 1 atom stereocenters. The van der Waals surface area contributed by atoms with E-state index in [-0.39, 0.29) is 16.5 Å². The molecule has 0 radical (unpaired) electrons. The predicted octanol–water partition coefficient (Wildman–Crippen LogP) is 2.95. The fourth-order valence-electron chi connectivity index (χ4n) is 2.91.